The first kappa shape index (κ1) is 14.7. The summed E-state index contributed by atoms with van der Waals surface area (Å²) in [4.78, 5) is 26.8. The maximum absolute atomic E-state index is 11.6. The zero-order chi connectivity index (χ0) is 15.9. The maximum atomic E-state index is 11.6. The van der Waals surface area contributed by atoms with Crippen LogP contribution in [0.4, 0.5) is 17.1 Å². The molecule has 2 aromatic rings. The zero-order valence-corrected chi connectivity index (χ0v) is 12.9. The van der Waals surface area contributed by atoms with Crippen LogP contribution in [0.5, 0.6) is 5.75 Å². The molecule has 2 N–H and O–H groups in total. The lowest BCUT2D eigenvalue weighted by molar-refractivity contribution is 0.413. The second-order valence-electron chi connectivity index (χ2n) is 5.21. The molecule has 116 valence electrons. The lowest BCUT2D eigenvalue weighted by Gasteiger charge is -2.38. The van der Waals surface area contributed by atoms with Crippen molar-refractivity contribution in [1.29, 1.82) is 0 Å². The van der Waals surface area contributed by atoms with Crippen molar-refractivity contribution in [3.05, 3.63) is 43.7 Å². The van der Waals surface area contributed by atoms with Gasteiger partial charge in [0.05, 0.1) is 12.8 Å². The Hall–Kier alpha value is -2.21. The zero-order valence-electron chi connectivity index (χ0n) is 12.1. The molecule has 0 bridgehead atoms. The Morgan fingerprint density at radius 2 is 1.73 bits per heavy atom. The van der Waals surface area contributed by atoms with E-state index in [1.165, 1.54) is 0 Å². The summed E-state index contributed by atoms with van der Waals surface area (Å²) in [7, 11) is 1.62. The van der Waals surface area contributed by atoms with Crippen LogP contribution in [-0.4, -0.2) is 33.3 Å². The minimum Gasteiger partial charge on any atom is -0.495 e. The molecule has 22 heavy (non-hydrogen) atoms. The predicted molar refractivity (Wildman–Crippen MR) is 88.2 cm³/mol. The molecule has 3 rings (SSSR count). The standard InChI is InChI=1S/C15H16ClN3O3/c1-22-11-3-2-9(16)8-10(11)18-4-6-19(7-5-18)13-12(17)14(20)15(13)21/h2-3,8H,4-7,17H2,1H3. The number of hydrogen-bond acceptors (Lipinski definition) is 6. The van der Waals surface area contributed by atoms with E-state index < -0.39 is 10.9 Å². The lowest BCUT2D eigenvalue weighted by Crippen LogP contribution is -2.51. The van der Waals surface area contributed by atoms with E-state index in [0.29, 0.717) is 36.9 Å². The van der Waals surface area contributed by atoms with Gasteiger partial charge in [-0.15, -0.1) is 0 Å². The van der Waals surface area contributed by atoms with Crippen LogP contribution in [0.2, 0.25) is 5.02 Å². The number of methoxy groups -OCH3 is 1. The number of nitrogens with zero attached hydrogens (tertiary/aromatic N) is 2. The topological polar surface area (TPSA) is 75.9 Å². The summed E-state index contributed by atoms with van der Waals surface area (Å²) in [6.07, 6.45) is 0. The molecule has 1 aliphatic rings. The van der Waals surface area contributed by atoms with Crippen molar-refractivity contribution in [3.8, 4) is 5.75 Å². The number of rotatable bonds is 3. The molecule has 0 spiro atoms. The van der Waals surface area contributed by atoms with Crippen molar-refractivity contribution in [2.24, 2.45) is 0 Å². The summed E-state index contributed by atoms with van der Waals surface area (Å²) in [5, 5.41) is 0.643. The van der Waals surface area contributed by atoms with Crippen molar-refractivity contribution in [3.63, 3.8) is 0 Å². The Morgan fingerprint density at radius 3 is 2.32 bits per heavy atom. The molecule has 6 nitrogen and oxygen atoms in total. The maximum Gasteiger partial charge on any atom is 0.253 e. The van der Waals surface area contributed by atoms with Gasteiger partial charge in [-0.2, -0.15) is 0 Å². The first-order valence-electron chi connectivity index (χ1n) is 6.95. The molecule has 0 saturated carbocycles. The summed E-state index contributed by atoms with van der Waals surface area (Å²) < 4.78 is 5.37. The predicted octanol–water partition coefficient (Wildman–Crippen LogP) is 0.853. The highest BCUT2D eigenvalue weighted by Crippen LogP contribution is 2.32. The third-order valence-electron chi connectivity index (χ3n) is 4.00. The van der Waals surface area contributed by atoms with E-state index in [4.69, 9.17) is 22.1 Å². The van der Waals surface area contributed by atoms with Gasteiger partial charge >= 0.3 is 0 Å². The molecule has 7 heteroatoms. The van der Waals surface area contributed by atoms with Gasteiger partial charge in [0.15, 0.2) is 0 Å². The number of nitrogens with two attached hydrogens (primary N) is 1. The normalized spacial score (nSPS) is 15.4. The summed E-state index contributed by atoms with van der Waals surface area (Å²) in [5.41, 5.74) is 5.93. The monoisotopic (exact) mass is 321 g/mol. The van der Waals surface area contributed by atoms with Gasteiger partial charge in [0, 0.05) is 31.2 Å². The molecule has 0 radical (unpaired) electrons. The summed E-state index contributed by atoms with van der Waals surface area (Å²) >= 11 is 6.06. The number of piperazine rings is 1. The number of anilines is 3. The highest BCUT2D eigenvalue weighted by Gasteiger charge is 2.27. The van der Waals surface area contributed by atoms with E-state index in [0.717, 1.165) is 11.4 Å². The van der Waals surface area contributed by atoms with Gasteiger partial charge in [-0.1, -0.05) is 11.6 Å². The Balaban J connectivity index is 1.76. The first-order chi connectivity index (χ1) is 10.5. The molecular formula is C15H16ClN3O3. The molecule has 0 aliphatic carbocycles. The number of hydrogen-bond donors (Lipinski definition) is 1. The molecule has 0 atom stereocenters. The Bertz CT molecular complexity index is 775. The quantitative estimate of drug-likeness (QED) is 0.845. The molecule has 0 unspecified atom stereocenters. The fraction of sp³-hybridized carbons (Fsp3) is 0.333. The van der Waals surface area contributed by atoms with Gasteiger partial charge in [-0.25, -0.2) is 0 Å². The van der Waals surface area contributed by atoms with E-state index in [1.807, 2.05) is 17.0 Å². The van der Waals surface area contributed by atoms with Crippen LogP contribution < -0.4 is 31.1 Å². The van der Waals surface area contributed by atoms with Crippen molar-refractivity contribution in [2.45, 2.75) is 0 Å². The summed E-state index contributed by atoms with van der Waals surface area (Å²) in [6, 6.07) is 5.48. The van der Waals surface area contributed by atoms with Crippen LogP contribution in [0.25, 0.3) is 0 Å². The average molecular weight is 322 g/mol. The van der Waals surface area contributed by atoms with Gasteiger partial charge in [-0.3, -0.25) is 9.59 Å². The van der Waals surface area contributed by atoms with Crippen LogP contribution in [-0.2, 0) is 0 Å². The number of nitrogen functional groups attached to an aromatic ring is 1. The number of benzene rings is 1. The van der Waals surface area contributed by atoms with E-state index in [2.05, 4.69) is 4.90 Å². The third kappa shape index (κ3) is 2.29. The van der Waals surface area contributed by atoms with Crippen molar-refractivity contribution in [1.82, 2.24) is 0 Å². The third-order valence-corrected chi connectivity index (χ3v) is 4.23. The molecular weight excluding hydrogens is 306 g/mol. The van der Waals surface area contributed by atoms with Crippen molar-refractivity contribution >= 4 is 28.7 Å². The Morgan fingerprint density at radius 1 is 1.09 bits per heavy atom. The van der Waals surface area contributed by atoms with E-state index in [-0.39, 0.29) is 5.69 Å². The van der Waals surface area contributed by atoms with Crippen molar-refractivity contribution < 1.29 is 4.74 Å². The van der Waals surface area contributed by atoms with Crippen molar-refractivity contribution in [2.75, 3.05) is 48.8 Å². The van der Waals surface area contributed by atoms with Crippen LogP contribution in [0.3, 0.4) is 0 Å². The van der Waals surface area contributed by atoms with Crippen LogP contribution in [0, 0.1) is 0 Å². The number of ether oxygens (including phenoxy) is 1. The van der Waals surface area contributed by atoms with Crippen LogP contribution >= 0.6 is 11.6 Å². The minimum absolute atomic E-state index is 0.0822. The van der Waals surface area contributed by atoms with E-state index in [1.54, 1.807) is 13.2 Å². The average Bonchev–Trinajstić information content (AvgIpc) is 2.55. The lowest BCUT2D eigenvalue weighted by atomic mass is 10.1. The second kappa shape index (κ2) is 5.53. The van der Waals surface area contributed by atoms with Crippen LogP contribution in [0.15, 0.2) is 27.8 Å². The fourth-order valence-electron chi connectivity index (χ4n) is 2.79. The van der Waals surface area contributed by atoms with E-state index >= 15 is 0 Å². The van der Waals surface area contributed by atoms with Gasteiger partial charge in [0.1, 0.15) is 17.1 Å². The van der Waals surface area contributed by atoms with Gasteiger partial charge in [0.25, 0.3) is 10.9 Å². The Labute approximate surface area is 132 Å². The second-order valence-corrected chi connectivity index (χ2v) is 5.65. The fourth-order valence-corrected chi connectivity index (χ4v) is 2.96. The summed E-state index contributed by atoms with van der Waals surface area (Å²) in [5.74, 6) is 0.756. The number of halogens is 1. The highest BCUT2D eigenvalue weighted by atomic mass is 35.5. The largest absolute Gasteiger partial charge is 0.495 e. The molecule has 1 aliphatic heterocycles. The Kier molecular flexibility index (Phi) is 3.70. The smallest absolute Gasteiger partial charge is 0.253 e. The minimum atomic E-state index is -0.575. The molecule has 1 fully saturated rings. The molecule has 0 aromatic heterocycles. The van der Waals surface area contributed by atoms with Gasteiger partial charge in [0.2, 0.25) is 0 Å². The highest BCUT2D eigenvalue weighted by molar-refractivity contribution is 6.30. The van der Waals surface area contributed by atoms with E-state index in [9.17, 15) is 9.59 Å². The van der Waals surface area contributed by atoms with Gasteiger partial charge in [-0.05, 0) is 18.2 Å². The molecule has 2 aromatic carbocycles. The molecule has 1 saturated heterocycles. The summed E-state index contributed by atoms with van der Waals surface area (Å²) in [6.45, 7) is 2.61. The van der Waals surface area contributed by atoms with Gasteiger partial charge < -0.3 is 20.3 Å². The molecule has 1 heterocycles. The first-order valence-corrected chi connectivity index (χ1v) is 7.33. The molecule has 0 amide bonds. The van der Waals surface area contributed by atoms with Crippen LogP contribution in [0.1, 0.15) is 0 Å². The SMILES string of the molecule is COc1ccc(Cl)cc1N1CCN(c2c(N)c(=O)c2=O)CC1.